The molecule has 0 saturated carbocycles. The Kier molecular flexibility index (Phi) is 2.53. The molecule has 0 unspecified atom stereocenters. The highest BCUT2D eigenvalue weighted by Gasteiger charge is 2.04. The quantitative estimate of drug-likeness (QED) is 0.648. The zero-order valence-electron chi connectivity index (χ0n) is 9.05. The van der Waals surface area contributed by atoms with E-state index >= 15 is 0 Å². The number of aromatic nitrogens is 3. The van der Waals surface area contributed by atoms with Crippen LogP contribution in [0.1, 0.15) is 5.69 Å². The SMILES string of the molecule is ClCc1ccn(-c2cccc3ccncc23)n1. The fourth-order valence-electron chi connectivity index (χ4n) is 1.86. The van der Waals surface area contributed by atoms with Crippen molar-refractivity contribution in [3.8, 4) is 5.69 Å². The van der Waals surface area contributed by atoms with Gasteiger partial charge in [0, 0.05) is 24.0 Å². The Morgan fingerprint density at radius 2 is 2.12 bits per heavy atom. The highest BCUT2D eigenvalue weighted by Crippen LogP contribution is 2.20. The molecule has 0 radical (unpaired) electrons. The topological polar surface area (TPSA) is 30.7 Å². The van der Waals surface area contributed by atoms with E-state index < -0.39 is 0 Å². The third-order valence-electron chi connectivity index (χ3n) is 2.69. The first kappa shape index (κ1) is 10.3. The molecule has 0 spiro atoms. The van der Waals surface area contributed by atoms with Crippen LogP contribution < -0.4 is 0 Å². The first-order valence-corrected chi connectivity index (χ1v) is 5.85. The van der Waals surface area contributed by atoms with E-state index in [4.69, 9.17) is 11.6 Å². The van der Waals surface area contributed by atoms with Crippen LogP contribution in [-0.4, -0.2) is 14.8 Å². The number of fused-ring (bicyclic) bond motifs is 1. The number of hydrogen-bond acceptors (Lipinski definition) is 2. The number of pyridine rings is 1. The van der Waals surface area contributed by atoms with Crippen molar-refractivity contribution in [1.82, 2.24) is 14.8 Å². The Bertz CT molecular complexity index is 655. The summed E-state index contributed by atoms with van der Waals surface area (Å²) in [5.41, 5.74) is 1.89. The fourth-order valence-corrected chi connectivity index (χ4v) is 2.01. The molecule has 0 aliphatic carbocycles. The van der Waals surface area contributed by atoms with Crippen LogP contribution in [0.2, 0.25) is 0 Å². The minimum Gasteiger partial charge on any atom is -0.264 e. The third kappa shape index (κ3) is 1.78. The zero-order chi connectivity index (χ0) is 11.7. The Balaban J connectivity index is 2.23. The second kappa shape index (κ2) is 4.18. The van der Waals surface area contributed by atoms with Crippen LogP contribution in [0.3, 0.4) is 0 Å². The molecule has 2 heterocycles. The summed E-state index contributed by atoms with van der Waals surface area (Å²) in [4.78, 5) is 4.16. The van der Waals surface area contributed by atoms with Gasteiger partial charge in [-0.25, -0.2) is 4.68 Å². The molecule has 3 rings (SSSR count). The lowest BCUT2D eigenvalue weighted by atomic mass is 10.1. The third-order valence-corrected chi connectivity index (χ3v) is 2.96. The standard InChI is InChI=1S/C13H10ClN3/c14-8-11-5-7-17(16-11)13-3-1-2-10-4-6-15-9-12(10)13/h1-7,9H,8H2. The normalized spacial score (nSPS) is 10.9. The Labute approximate surface area is 104 Å². The van der Waals surface area contributed by atoms with E-state index in [0.29, 0.717) is 5.88 Å². The molecule has 1 aromatic carbocycles. The molecule has 0 N–H and O–H groups in total. The van der Waals surface area contributed by atoms with Gasteiger partial charge in [0.25, 0.3) is 0 Å². The summed E-state index contributed by atoms with van der Waals surface area (Å²) in [6, 6.07) is 10.0. The molecule has 0 amide bonds. The van der Waals surface area contributed by atoms with Crippen molar-refractivity contribution in [2.45, 2.75) is 5.88 Å². The molecule has 2 aromatic heterocycles. The number of nitrogens with zero attached hydrogens (tertiary/aromatic N) is 3. The molecule has 0 bridgehead atoms. The van der Waals surface area contributed by atoms with Crippen molar-refractivity contribution >= 4 is 22.4 Å². The van der Waals surface area contributed by atoms with Crippen LogP contribution in [0.15, 0.2) is 48.9 Å². The summed E-state index contributed by atoms with van der Waals surface area (Å²) in [5.74, 6) is 0.427. The molecule has 17 heavy (non-hydrogen) atoms. The van der Waals surface area contributed by atoms with Gasteiger partial charge in [0.15, 0.2) is 0 Å². The molecule has 4 heteroatoms. The van der Waals surface area contributed by atoms with Crippen LogP contribution >= 0.6 is 11.6 Å². The summed E-state index contributed by atoms with van der Waals surface area (Å²) >= 11 is 5.76. The zero-order valence-corrected chi connectivity index (χ0v) is 9.80. The van der Waals surface area contributed by atoms with Gasteiger partial charge in [-0.1, -0.05) is 12.1 Å². The van der Waals surface area contributed by atoms with Crippen LogP contribution in [0.4, 0.5) is 0 Å². The van der Waals surface area contributed by atoms with Crippen LogP contribution in [0, 0.1) is 0 Å². The fraction of sp³-hybridized carbons (Fsp3) is 0.0769. The van der Waals surface area contributed by atoms with Crippen molar-refractivity contribution < 1.29 is 0 Å². The highest BCUT2D eigenvalue weighted by molar-refractivity contribution is 6.16. The van der Waals surface area contributed by atoms with Crippen molar-refractivity contribution in [2.24, 2.45) is 0 Å². The number of benzene rings is 1. The summed E-state index contributed by atoms with van der Waals surface area (Å²) < 4.78 is 1.84. The van der Waals surface area contributed by atoms with E-state index in [2.05, 4.69) is 16.1 Å². The number of rotatable bonds is 2. The van der Waals surface area contributed by atoms with E-state index in [1.165, 1.54) is 0 Å². The minimum atomic E-state index is 0.427. The van der Waals surface area contributed by atoms with Crippen LogP contribution in [0.25, 0.3) is 16.5 Å². The smallest absolute Gasteiger partial charge is 0.0776 e. The van der Waals surface area contributed by atoms with Gasteiger partial charge in [0.2, 0.25) is 0 Å². The van der Waals surface area contributed by atoms with Crippen molar-refractivity contribution in [3.63, 3.8) is 0 Å². The second-order valence-corrected chi connectivity index (χ2v) is 4.03. The number of halogens is 1. The largest absolute Gasteiger partial charge is 0.264 e. The van der Waals surface area contributed by atoms with Gasteiger partial charge in [-0.15, -0.1) is 11.6 Å². The van der Waals surface area contributed by atoms with Gasteiger partial charge in [0.05, 0.1) is 17.3 Å². The summed E-state index contributed by atoms with van der Waals surface area (Å²) in [7, 11) is 0. The maximum Gasteiger partial charge on any atom is 0.0776 e. The molecule has 0 fully saturated rings. The molecule has 0 saturated heterocycles. The lowest BCUT2D eigenvalue weighted by Gasteiger charge is -2.05. The van der Waals surface area contributed by atoms with Crippen LogP contribution in [0.5, 0.6) is 0 Å². The molecule has 0 aliphatic heterocycles. The average molecular weight is 244 g/mol. The first-order chi connectivity index (χ1) is 8.38. The summed E-state index contributed by atoms with van der Waals surface area (Å²) in [6.07, 6.45) is 5.56. The van der Waals surface area contributed by atoms with Gasteiger partial charge < -0.3 is 0 Å². The van der Waals surface area contributed by atoms with E-state index in [1.807, 2.05) is 41.3 Å². The Hall–Kier alpha value is -1.87. The maximum absolute atomic E-state index is 5.76. The average Bonchev–Trinajstić information content (AvgIpc) is 2.87. The van der Waals surface area contributed by atoms with Crippen molar-refractivity contribution in [3.05, 3.63) is 54.6 Å². The second-order valence-electron chi connectivity index (χ2n) is 3.76. The van der Waals surface area contributed by atoms with Gasteiger partial charge in [-0.05, 0) is 23.6 Å². The Morgan fingerprint density at radius 1 is 1.18 bits per heavy atom. The minimum absolute atomic E-state index is 0.427. The summed E-state index contributed by atoms with van der Waals surface area (Å²) in [6.45, 7) is 0. The van der Waals surface area contributed by atoms with Crippen molar-refractivity contribution in [2.75, 3.05) is 0 Å². The van der Waals surface area contributed by atoms with E-state index in [1.54, 1.807) is 6.20 Å². The predicted octanol–water partition coefficient (Wildman–Crippen LogP) is 3.16. The predicted molar refractivity (Wildman–Crippen MR) is 68.4 cm³/mol. The molecule has 3 aromatic rings. The van der Waals surface area contributed by atoms with Gasteiger partial charge in [-0.3, -0.25) is 4.98 Å². The summed E-state index contributed by atoms with van der Waals surface area (Å²) in [5, 5.41) is 6.64. The van der Waals surface area contributed by atoms with Gasteiger partial charge in [0.1, 0.15) is 0 Å². The first-order valence-electron chi connectivity index (χ1n) is 5.32. The van der Waals surface area contributed by atoms with E-state index in [9.17, 15) is 0 Å². The number of alkyl halides is 1. The lowest BCUT2D eigenvalue weighted by molar-refractivity contribution is 0.864. The van der Waals surface area contributed by atoms with Crippen molar-refractivity contribution in [1.29, 1.82) is 0 Å². The Morgan fingerprint density at radius 3 is 2.94 bits per heavy atom. The monoisotopic (exact) mass is 243 g/mol. The molecule has 3 nitrogen and oxygen atoms in total. The molecule has 84 valence electrons. The molecular formula is C13H10ClN3. The highest BCUT2D eigenvalue weighted by atomic mass is 35.5. The van der Waals surface area contributed by atoms with E-state index in [0.717, 1.165) is 22.2 Å². The van der Waals surface area contributed by atoms with Gasteiger partial charge in [-0.2, -0.15) is 5.10 Å². The van der Waals surface area contributed by atoms with Gasteiger partial charge >= 0.3 is 0 Å². The van der Waals surface area contributed by atoms with E-state index in [-0.39, 0.29) is 0 Å². The number of hydrogen-bond donors (Lipinski definition) is 0. The molecule has 0 aliphatic rings. The molecular weight excluding hydrogens is 234 g/mol. The lowest BCUT2D eigenvalue weighted by Crippen LogP contribution is -1.96. The van der Waals surface area contributed by atoms with Crippen LogP contribution in [-0.2, 0) is 5.88 Å². The maximum atomic E-state index is 5.76. The molecule has 0 atom stereocenters.